The zero-order valence-corrected chi connectivity index (χ0v) is 18.5. The molecule has 1 saturated heterocycles. The highest BCUT2D eigenvalue weighted by atomic mass is 16.8. The van der Waals surface area contributed by atoms with E-state index in [2.05, 4.69) is 13.8 Å². The fraction of sp³-hybridized carbons (Fsp3) is 0.833. The van der Waals surface area contributed by atoms with Gasteiger partial charge in [0.15, 0.2) is 23.0 Å². The molecule has 0 spiro atoms. The number of Topliss-reactive ketones (excluding diaryl/α,β-unsaturated/α-hetero) is 1. The molecule has 1 aliphatic heterocycles. The largest absolute Gasteiger partial charge is 0.389 e. The number of hydrogen-bond donors (Lipinski definition) is 2. The summed E-state index contributed by atoms with van der Waals surface area (Å²) in [5.74, 6) is -0.953. The highest BCUT2D eigenvalue weighted by molar-refractivity contribution is 5.92. The normalized spacial score (nSPS) is 51.5. The molecule has 30 heavy (non-hydrogen) atoms. The Morgan fingerprint density at radius 3 is 2.57 bits per heavy atom. The van der Waals surface area contributed by atoms with Crippen LogP contribution < -0.4 is 0 Å². The minimum Gasteiger partial charge on any atom is -0.389 e. The molecular weight excluding hydrogens is 384 g/mol. The van der Waals surface area contributed by atoms with Gasteiger partial charge < -0.3 is 19.7 Å². The summed E-state index contributed by atoms with van der Waals surface area (Å²) in [6, 6.07) is 0. The van der Waals surface area contributed by atoms with Gasteiger partial charge in [0.1, 0.15) is 6.61 Å². The van der Waals surface area contributed by atoms with Gasteiger partial charge in [-0.05, 0) is 70.3 Å². The number of ether oxygens (including phenoxy) is 2. The van der Waals surface area contributed by atoms with Crippen molar-refractivity contribution in [2.24, 2.45) is 22.7 Å². The van der Waals surface area contributed by atoms with Crippen LogP contribution in [0.15, 0.2) is 11.6 Å². The molecule has 0 aromatic heterocycles. The van der Waals surface area contributed by atoms with Crippen LogP contribution >= 0.6 is 0 Å². The lowest BCUT2D eigenvalue weighted by Crippen LogP contribution is -2.66. The Kier molecular flexibility index (Phi) is 4.18. The van der Waals surface area contributed by atoms with Crippen molar-refractivity contribution in [2.75, 3.05) is 6.61 Å². The van der Waals surface area contributed by atoms with Crippen molar-refractivity contribution in [1.82, 2.24) is 0 Å². The molecule has 0 unspecified atom stereocenters. The van der Waals surface area contributed by atoms with Crippen LogP contribution in [0.4, 0.5) is 0 Å². The molecule has 1 heterocycles. The summed E-state index contributed by atoms with van der Waals surface area (Å²) in [5, 5.41) is 22.0. The molecule has 5 aliphatic rings. The van der Waals surface area contributed by atoms with Gasteiger partial charge in [-0.25, -0.2) is 0 Å². The van der Waals surface area contributed by atoms with E-state index < -0.39 is 40.5 Å². The molecule has 166 valence electrons. The van der Waals surface area contributed by atoms with Crippen molar-refractivity contribution < 1.29 is 29.3 Å². The first-order chi connectivity index (χ1) is 13.9. The summed E-state index contributed by atoms with van der Waals surface area (Å²) in [6.45, 7) is 7.31. The van der Waals surface area contributed by atoms with E-state index in [1.165, 1.54) is 0 Å². The molecular formula is C24H34O6. The zero-order chi connectivity index (χ0) is 21.7. The number of aliphatic hydroxyl groups excluding tert-OH is 1. The fourth-order valence-electron chi connectivity index (χ4n) is 8.23. The predicted molar refractivity (Wildman–Crippen MR) is 108 cm³/mol. The van der Waals surface area contributed by atoms with Gasteiger partial charge >= 0.3 is 0 Å². The van der Waals surface area contributed by atoms with Gasteiger partial charge in [-0.1, -0.05) is 19.4 Å². The van der Waals surface area contributed by atoms with Gasteiger partial charge in [0.25, 0.3) is 0 Å². The van der Waals surface area contributed by atoms with E-state index in [1.807, 2.05) is 13.8 Å². The first-order valence-corrected chi connectivity index (χ1v) is 11.4. The van der Waals surface area contributed by atoms with Gasteiger partial charge in [0, 0.05) is 17.3 Å². The van der Waals surface area contributed by atoms with Crippen molar-refractivity contribution in [3.05, 3.63) is 11.6 Å². The molecule has 4 aliphatic carbocycles. The lowest BCUT2D eigenvalue weighted by molar-refractivity contribution is -0.240. The topological polar surface area (TPSA) is 93.1 Å². The van der Waals surface area contributed by atoms with Gasteiger partial charge in [-0.15, -0.1) is 0 Å². The molecule has 5 rings (SSSR count). The second kappa shape index (κ2) is 6.03. The first-order valence-electron chi connectivity index (χ1n) is 11.4. The fourth-order valence-corrected chi connectivity index (χ4v) is 8.23. The van der Waals surface area contributed by atoms with E-state index in [9.17, 15) is 19.8 Å². The lowest BCUT2D eigenvalue weighted by Gasteiger charge is -2.63. The van der Waals surface area contributed by atoms with E-state index in [-0.39, 0.29) is 23.4 Å². The average molecular weight is 419 g/mol. The summed E-state index contributed by atoms with van der Waals surface area (Å²) in [7, 11) is 0. The van der Waals surface area contributed by atoms with Crippen LogP contribution in [0.1, 0.15) is 72.6 Å². The monoisotopic (exact) mass is 418 g/mol. The second-order valence-corrected chi connectivity index (χ2v) is 11.2. The highest BCUT2D eigenvalue weighted by Crippen LogP contribution is 2.71. The maximum Gasteiger partial charge on any atom is 0.193 e. The summed E-state index contributed by atoms with van der Waals surface area (Å²) in [5.41, 5.74) is -1.90. The second-order valence-electron chi connectivity index (χ2n) is 11.2. The molecule has 6 nitrogen and oxygen atoms in total. The number of ketones is 2. The van der Waals surface area contributed by atoms with E-state index in [4.69, 9.17) is 9.47 Å². The van der Waals surface area contributed by atoms with E-state index in [0.29, 0.717) is 32.1 Å². The smallest absolute Gasteiger partial charge is 0.193 e. The Morgan fingerprint density at radius 1 is 1.13 bits per heavy atom. The Hall–Kier alpha value is -1.08. The van der Waals surface area contributed by atoms with Gasteiger partial charge in [0.2, 0.25) is 0 Å². The molecule has 0 radical (unpaired) electrons. The van der Waals surface area contributed by atoms with E-state index in [0.717, 1.165) is 18.4 Å². The number of carbonyl (C=O) groups is 2. The quantitative estimate of drug-likeness (QED) is 0.716. The van der Waals surface area contributed by atoms with Crippen molar-refractivity contribution in [1.29, 1.82) is 0 Å². The average Bonchev–Trinajstić information content (AvgIpc) is 3.09. The molecule has 0 aromatic carbocycles. The van der Waals surface area contributed by atoms with Crippen LogP contribution in [0.2, 0.25) is 0 Å². The highest BCUT2D eigenvalue weighted by Gasteiger charge is 2.77. The van der Waals surface area contributed by atoms with Crippen LogP contribution in [0, 0.1) is 22.7 Å². The zero-order valence-electron chi connectivity index (χ0n) is 18.5. The van der Waals surface area contributed by atoms with Crippen LogP contribution in [0.3, 0.4) is 0 Å². The number of fused-ring (bicyclic) bond motifs is 7. The Bertz CT molecular complexity index is 847. The van der Waals surface area contributed by atoms with Crippen molar-refractivity contribution in [2.45, 2.75) is 95.7 Å². The van der Waals surface area contributed by atoms with Gasteiger partial charge in [-0.3, -0.25) is 9.59 Å². The van der Waals surface area contributed by atoms with Crippen molar-refractivity contribution in [3.63, 3.8) is 0 Å². The standard InChI is InChI=1S/C24H34O6/c1-20(2)29-19-12-17-16-6-5-14-11-15(26)7-8-21(14,3)23(16,28)10-9-22(17,4)24(19,30-20)18(27)13-25/h11,16-17,19,25,28H,5-10,12-13H2,1-4H3/t16-,17-,19+,21-,22-,23+,24+/m0/s1. The summed E-state index contributed by atoms with van der Waals surface area (Å²) < 4.78 is 12.6. The molecule has 6 heteroatoms. The molecule has 0 bridgehead atoms. The third kappa shape index (κ3) is 2.24. The minimum atomic E-state index is -1.17. The van der Waals surface area contributed by atoms with Gasteiger partial charge in [-0.2, -0.15) is 0 Å². The van der Waals surface area contributed by atoms with Crippen molar-refractivity contribution >= 4 is 11.6 Å². The third-order valence-electron chi connectivity index (χ3n) is 9.70. The number of carbonyl (C=O) groups excluding carboxylic acids is 2. The molecule has 0 aromatic rings. The van der Waals surface area contributed by atoms with Crippen molar-refractivity contribution in [3.8, 4) is 0 Å². The molecule has 2 N–H and O–H groups in total. The molecule has 4 fully saturated rings. The van der Waals surface area contributed by atoms with Crippen LogP contribution in [-0.4, -0.2) is 51.5 Å². The summed E-state index contributed by atoms with van der Waals surface area (Å²) in [4.78, 5) is 25.2. The first kappa shape index (κ1) is 20.8. The maximum absolute atomic E-state index is 13.2. The number of aliphatic hydroxyl groups is 2. The Balaban J connectivity index is 1.59. The Labute approximate surface area is 178 Å². The van der Waals surface area contributed by atoms with Crippen LogP contribution in [0.25, 0.3) is 0 Å². The number of rotatable bonds is 2. The van der Waals surface area contributed by atoms with E-state index in [1.54, 1.807) is 6.08 Å². The van der Waals surface area contributed by atoms with Crippen LogP contribution in [-0.2, 0) is 19.1 Å². The molecule has 3 saturated carbocycles. The van der Waals surface area contributed by atoms with Gasteiger partial charge in [0.05, 0.1) is 11.7 Å². The molecule has 0 amide bonds. The number of hydrogen-bond acceptors (Lipinski definition) is 6. The lowest BCUT2D eigenvalue weighted by atomic mass is 9.44. The van der Waals surface area contributed by atoms with E-state index >= 15 is 0 Å². The van der Waals surface area contributed by atoms with Crippen LogP contribution in [0.5, 0.6) is 0 Å². The Morgan fingerprint density at radius 2 is 1.87 bits per heavy atom. The minimum absolute atomic E-state index is 0.0101. The summed E-state index contributed by atoms with van der Waals surface area (Å²) in [6.07, 6.45) is 5.96. The molecule has 7 atom stereocenters. The summed E-state index contributed by atoms with van der Waals surface area (Å²) >= 11 is 0. The SMILES string of the molecule is CC1(C)O[C@@H]2C[C@H]3[C@@H]4CCC5=CC(=O)CC[C@]5(C)[C@@]4(O)CC[C@]3(C)[C@]2(C(=O)CO)O1. The third-order valence-corrected chi connectivity index (χ3v) is 9.70. The predicted octanol–water partition coefficient (Wildman–Crippen LogP) is 2.69. The maximum atomic E-state index is 13.2.